The monoisotopic (exact) mass is 321 g/mol. The van der Waals surface area contributed by atoms with E-state index in [1.807, 2.05) is 0 Å². The van der Waals surface area contributed by atoms with Crippen molar-refractivity contribution in [2.75, 3.05) is 0 Å². The number of hydrogen-bond acceptors (Lipinski definition) is 1. The van der Waals surface area contributed by atoms with Crippen LogP contribution in [0, 0.1) is 12.7 Å². The van der Waals surface area contributed by atoms with Gasteiger partial charge in [0.2, 0.25) is 0 Å². The quantitative estimate of drug-likeness (QED) is 0.904. The summed E-state index contributed by atoms with van der Waals surface area (Å²) in [5.74, 6) is -0.234. The maximum atomic E-state index is 13.0. The van der Waals surface area contributed by atoms with E-state index in [0.717, 1.165) is 22.9 Å². The standard InChI is InChI=1S/C16H17BrFN/c1-11-2-4-12(5-3-11)8-15(19)9-13-6-7-14(18)10-16(13)17/h2-7,10,15H,8-9,19H2,1H3. The molecule has 0 bridgehead atoms. The molecule has 0 amide bonds. The highest BCUT2D eigenvalue weighted by Crippen LogP contribution is 2.20. The van der Waals surface area contributed by atoms with Crippen LogP contribution < -0.4 is 5.73 Å². The second-order valence-electron chi connectivity index (χ2n) is 4.89. The Labute approximate surface area is 121 Å². The second kappa shape index (κ2) is 6.31. The predicted molar refractivity (Wildman–Crippen MR) is 80.7 cm³/mol. The van der Waals surface area contributed by atoms with Crippen LogP contribution >= 0.6 is 15.9 Å². The summed E-state index contributed by atoms with van der Waals surface area (Å²) in [6.45, 7) is 2.07. The van der Waals surface area contributed by atoms with E-state index in [4.69, 9.17) is 5.73 Å². The van der Waals surface area contributed by atoms with Crippen molar-refractivity contribution >= 4 is 15.9 Å². The van der Waals surface area contributed by atoms with Crippen molar-refractivity contribution in [1.82, 2.24) is 0 Å². The Morgan fingerprint density at radius 3 is 2.42 bits per heavy atom. The van der Waals surface area contributed by atoms with Crippen molar-refractivity contribution in [1.29, 1.82) is 0 Å². The fourth-order valence-electron chi connectivity index (χ4n) is 2.07. The molecular formula is C16H17BrFN. The Kier molecular flexibility index (Phi) is 4.72. The molecule has 2 aromatic rings. The minimum atomic E-state index is -0.234. The number of nitrogens with two attached hydrogens (primary N) is 1. The summed E-state index contributed by atoms with van der Waals surface area (Å²) in [5.41, 5.74) is 9.69. The first kappa shape index (κ1) is 14.2. The highest BCUT2D eigenvalue weighted by atomic mass is 79.9. The van der Waals surface area contributed by atoms with Crippen LogP contribution in [0.15, 0.2) is 46.9 Å². The van der Waals surface area contributed by atoms with Crippen LogP contribution in [0.5, 0.6) is 0 Å². The van der Waals surface area contributed by atoms with Crippen LogP contribution in [0.25, 0.3) is 0 Å². The average molecular weight is 322 g/mol. The van der Waals surface area contributed by atoms with Gasteiger partial charge in [0.1, 0.15) is 5.82 Å². The molecular weight excluding hydrogens is 305 g/mol. The highest BCUT2D eigenvalue weighted by molar-refractivity contribution is 9.10. The molecule has 0 spiro atoms. The highest BCUT2D eigenvalue weighted by Gasteiger charge is 2.09. The van der Waals surface area contributed by atoms with Gasteiger partial charge in [-0.3, -0.25) is 0 Å². The molecule has 0 saturated heterocycles. The topological polar surface area (TPSA) is 26.0 Å². The molecule has 2 aromatic carbocycles. The summed E-state index contributed by atoms with van der Waals surface area (Å²) >= 11 is 3.38. The van der Waals surface area contributed by atoms with Gasteiger partial charge in [0.15, 0.2) is 0 Å². The van der Waals surface area contributed by atoms with Crippen molar-refractivity contribution in [3.05, 3.63) is 69.4 Å². The summed E-state index contributed by atoms with van der Waals surface area (Å²) in [4.78, 5) is 0. The third-order valence-electron chi connectivity index (χ3n) is 3.12. The Balaban J connectivity index is 2.01. The van der Waals surface area contributed by atoms with Crippen molar-refractivity contribution in [3.8, 4) is 0 Å². The van der Waals surface area contributed by atoms with Gasteiger partial charge in [0.05, 0.1) is 0 Å². The first-order valence-corrected chi connectivity index (χ1v) is 7.09. The zero-order valence-electron chi connectivity index (χ0n) is 10.9. The van der Waals surface area contributed by atoms with Crippen molar-refractivity contribution in [2.24, 2.45) is 5.73 Å². The molecule has 1 atom stereocenters. The Hall–Kier alpha value is -1.19. The van der Waals surface area contributed by atoms with Crippen LogP contribution in [-0.2, 0) is 12.8 Å². The summed E-state index contributed by atoms with van der Waals surface area (Å²) in [7, 11) is 0. The molecule has 1 unspecified atom stereocenters. The Morgan fingerprint density at radius 1 is 1.11 bits per heavy atom. The van der Waals surface area contributed by atoms with Crippen LogP contribution in [-0.4, -0.2) is 6.04 Å². The first-order chi connectivity index (χ1) is 9.04. The summed E-state index contributed by atoms with van der Waals surface area (Å²) in [6, 6.07) is 13.2. The van der Waals surface area contributed by atoms with Crippen molar-refractivity contribution < 1.29 is 4.39 Å². The molecule has 0 radical (unpaired) electrons. The van der Waals surface area contributed by atoms with Crippen LogP contribution in [0.2, 0.25) is 0 Å². The van der Waals surface area contributed by atoms with Gasteiger partial charge in [-0.05, 0) is 43.0 Å². The van der Waals surface area contributed by atoms with E-state index in [1.165, 1.54) is 23.3 Å². The average Bonchev–Trinajstić information content (AvgIpc) is 2.36. The summed E-state index contributed by atoms with van der Waals surface area (Å²) in [5, 5.41) is 0. The number of aryl methyl sites for hydroxylation is 1. The Morgan fingerprint density at radius 2 is 1.79 bits per heavy atom. The molecule has 3 heteroatoms. The molecule has 0 aliphatic rings. The molecule has 0 saturated carbocycles. The Bertz CT molecular complexity index is 551. The molecule has 2 rings (SSSR count). The van der Waals surface area contributed by atoms with E-state index in [0.29, 0.717) is 0 Å². The van der Waals surface area contributed by atoms with E-state index >= 15 is 0 Å². The molecule has 0 aliphatic carbocycles. The van der Waals surface area contributed by atoms with E-state index in [2.05, 4.69) is 47.1 Å². The van der Waals surface area contributed by atoms with Gasteiger partial charge in [-0.15, -0.1) is 0 Å². The third-order valence-corrected chi connectivity index (χ3v) is 3.85. The third kappa shape index (κ3) is 4.15. The summed E-state index contributed by atoms with van der Waals surface area (Å²) in [6.07, 6.45) is 1.55. The number of rotatable bonds is 4. The second-order valence-corrected chi connectivity index (χ2v) is 5.74. The van der Waals surface area contributed by atoms with Crippen molar-refractivity contribution in [3.63, 3.8) is 0 Å². The minimum absolute atomic E-state index is 0.0319. The van der Waals surface area contributed by atoms with Gasteiger partial charge in [0.25, 0.3) is 0 Å². The molecule has 19 heavy (non-hydrogen) atoms. The fourth-order valence-corrected chi connectivity index (χ4v) is 2.58. The summed E-state index contributed by atoms with van der Waals surface area (Å²) < 4.78 is 13.8. The fraction of sp³-hybridized carbons (Fsp3) is 0.250. The lowest BCUT2D eigenvalue weighted by Crippen LogP contribution is -2.25. The first-order valence-electron chi connectivity index (χ1n) is 6.29. The normalized spacial score (nSPS) is 12.4. The predicted octanol–water partition coefficient (Wildman–Crippen LogP) is 4.01. The van der Waals surface area contributed by atoms with E-state index in [1.54, 1.807) is 6.07 Å². The molecule has 0 heterocycles. The van der Waals surface area contributed by atoms with Gasteiger partial charge in [0, 0.05) is 10.5 Å². The number of halogens is 2. The minimum Gasteiger partial charge on any atom is -0.327 e. The van der Waals surface area contributed by atoms with Crippen molar-refractivity contribution in [2.45, 2.75) is 25.8 Å². The van der Waals surface area contributed by atoms with Gasteiger partial charge < -0.3 is 5.73 Å². The number of benzene rings is 2. The molecule has 1 nitrogen and oxygen atoms in total. The molecule has 0 fully saturated rings. The van der Waals surface area contributed by atoms with Crippen LogP contribution in [0.1, 0.15) is 16.7 Å². The molecule has 0 aliphatic heterocycles. The van der Waals surface area contributed by atoms with Crippen LogP contribution in [0.3, 0.4) is 0 Å². The lowest BCUT2D eigenvalue weighted by Gasteiger charge is -2.13. The SMILES string of the molecule is Cc1ccc(CC(N)Cc2ccc(F)cc2Br)cc1. The maximum Gasteiger partial charge on any atom is 0.124 e. The molecule has 2 N–H and O–H groups in total. The van der Waals surface area contributed by atoms with Gasteiger partial charge in [-0.1, -0.05) is 51.8 Å². The van der Waals surface area contributed by atoms with E-state index in [9.17, 15) is 4.39 Å². The van der Waals surface area contributed by atoms with Crippen LogP contribution in [0.4, 0.5) is 4.39 Å². The maximum absolute atomic E-state index is 13.0. The largest absolute Gasteiger partial charge is 0.327 e. The molecule has 100 valence electrons. The lowest BCUT2D eigenvalue weighted by atomic mass is 9.99. The lowest BCUT2D eigenvalue weighted by molar-refractivity contribution is 0.622. The van der Waals surface area contributed by atoms with E-state index in [-0.39, 0.29) is 11.9 Å². The van der Waals surface area contributed by atoms with Gasteiger partial charge >= 0.3 is 0 Å². The van der Waals surface area contributed by atoms with Gasteiger partial charge in [-0.2, -0.15) is 0 Å². The number of hydrogen-bond donors (Lipinski definition) is 1. The smallest absolute Gasteiger partial charge is 0.124 e. The zero-order valence-corrected chi connectivity index (χ0v) is 12.5. The zero-order chi connectivity index (χ0) is 13.8. The van der Waals surface area contributed by atoms with E-state index < -0.39 is 0 Å². The van der Waals surface area contributed by atoms with Gasteiger partial charge in [-0.25, -0.2) is 4.39 Å². The molecule has 0 aromatic heterocycles.